The zero-order valence-corrected chi connectivity index (χ0v) is 13.4. The van der Waals surface area contributed by atoms with E-state index in [0.717, 1.165) is 24.0 Å². The molecule has 0 spiro atoms. The molecule has 1 aromatic carbocycles. The van der Waals surface area contributed by atoms with Crippen molar-refractivity contribution in [3.05, 3.63) is 35.4 Å². The van der Waals surface area contributed by atoms with E-state index >= 15 is 0 Å². The summed E-state index contributed by atoms with van der Waals surface area (Å²) in [5.41, 5.74) is 1.70. The summed E-state index contributed by atoms with van der Waals surface area (Å²) in [5, 5.41) is 2.92. The van der Waals surface area contributed by atoms with Crippen LogP contribution in [0.1, 0.15) is 68.8 Å². The van der Waals surface area contributed by atoms with Crippen LogP contribution < -0.4 is 5.32 Å². The number of amides is 1. The van der Waals surface area contributed by atoms with Gasteiger partial charge in [0.2, 0.25) is 5.91 Å². The number of nitrogens with one attached hydrogen (secondary N) is 1. The highest BCUT2D eigenvalue weighted by Gasteiger charge is 2.05. The Morgan fingerprint density at radius 3 is 2.62 bits per heavy atom. The SMILES string of the molecule is CCC(=O)c1cccc(CNC(=O)CCCCC(C)C)c1. The Bertz CT molecular complexity index is 466. The lowest BCUT2D eigenvalue weighted by Crippen LogP contribution is -2.22. The topological polar surface area (TPSA) is 46.2 Å². The van der Waals surface area contributed by atoms with Crippen LogP contribution in [0.5, 0.6) is 0 Å². The Hall–Kier alpha value is -1.64. The average Bonchev–Trinajstić information content (AvgIpc) is 2.48. The third-order valence-electron chi connectivity index (χ3n) is 3.50. The maximum absolute atomic E-state index is 11.8. The highest BCUT2D eigenvalue weighted by Crippen LogP contribution is 2.09. The minimum absolute atomic E-state index is 0.0889. The molecule has 0 saturated carbocycles. The molecule has 0 bridgehead atoms. The lowest BCUT2D eigenvalue weighted by molar-refractivity contribution is -0.121. The first-order valence-electron chi connectivity index (χ1n) is 7.91. The van der Waals surface area contributed by atoms with Gasteiger partial charge in [-0.15, -0.1) is 0 Å². The second-order valence-corrected chi connectivity index (χ2v) is 5.89. The van der Waals surface area contributed by atoms with Gasteiger partial charge in [0.25, 0.3) is 0 Å². The van der Waals surface area contributed by atoms with Crippen LogP contribution in [-0.4, -0.2) is 11.7 Å². The average molecular weight is 289 g/mol. The first kappa shape index (κ1) is 17.4. The Morgan fingerprint density at radius 2 is 1.95 bits per heavy atom. The van der Waals surface area contributed by atoms with E-state index in [0.29, 0.717) is 25.3 Å². The van der Waals surface area contributed by atoms with Crippen LogP contribution in [0.3, 0.4) is 0 Å². The van der Waals surface area contributed by atoms with Gasteiger partial charge in [-0.1, -0.05) is 51.8 Å². The number of carbonyl (C=O) groups is 2. The summed E-state index contributed by atoms with van der Waals surface area (Å²) >= 11 is 0. The molecule has 3 heteroatoms. The normalized spacial score (nSPS) is 10.7. The van der Waals surface area contributed by atoms with Crippen molar-refractivity contribution in [2.75, 3.05) is 0 Å². The zero-order valence-electron chi connectivity index (χ0n) is 13.4. The highest BCUT2D eigenvalue weighted by molar-refractivity contribution is 5.95. The number of hydrogen-bond acceptors (Lipinski definition) is 2. The lowest BCUT2D eigenvalue weighted by Gasteiger charge is -2.07. The molecular weight excluding hydrogens is 262 g/mol. The zero-order chi connectivity index (χ0) is 15.7. The number of carbonyl (C=O) groups excluding carboxylic acids is 2. The summed E-state index contributed by atoms with van der Waals surface area (Å²) < 4.78 is 0. The molecule has 0 unspecified atom stereocenters. The van der Waals surface area contributed by atoms with E-state index in [2.05, 4.69) is 19.2 Å². The van der Waals surface area contributed by atoms with Crippen LogP contribution in [0.4, 0.5) is 0 Å². The molecule has 0 aromatic heterocycles. The number of rotatable bonds is 9. The second-order valence-electron chi connectivity index (χ2n) is 5.89. The van der Waals surface area contributed by atoms with Gasteiger partial charge in [0.15, 0.2) is 5.78 Å². The number of ketones is 1. The molecule has 1 N–H and O–H groups in total. The van der Waals surface area contributed by atoms with Crippen LogP contribution in [0.2, 0.25) is 0 Å². The van der Waals surface area contributed by atoms with E-state index in [1.165, 1.54) is 6.42 Å². The first-order chi connectivity index (χ1) is 10.0. The van der Waals surface area contributed by atoms with E-state index < -0.39 is 0 Å². The van der Waals surface area contributed by atoms with Crippen LogP contribution >= 0.6 is 0 Å². The fourth-order valence-electron chi connectivity index (χ4n) is 2.19. The molecule has 0 atom stereocenters. The van der Waals surface area contributed by atoms with Gasteiger partial charge in [-0.2, -0.15) is 0 Å². The minimum atomic E-state index is 0.0889. The van der Waals surface area contributed by atoms with Gasteiger partial charge in [0.05, 0.1) is 0 Å². The molecule has 116 valence electrons. The van der Waals surface area contributed by atoms with Crippen LogP contribution in [-0.2, 0) is 11.3 Å². The number of benzene rings is 1. The van der Waals surface area contributed by atoms with Gasteiger partial charge >= 0.3 is 0 Å². The predicted molar refractivity (Wildman–Crippen MR) is 86.2 cm³/mol. The third-order valence-corrected chi connectivity index (χ3v) is 3.50. The Labute approximate surface area is 128 Å². The molecule has 1 aromatic rings. The van der Waals surface area contributed by atoms with Gasteiger partial charge < -0.3 is 5.32 Å². The van der Waals surface area contributed by atoms with E-state index in [1.54, 1.807) is 0 Å². The highest BCUT2D eigenvalue weighted by atomic mass is 16.1. The summed E-state index contributed by atoms with van der Waals surface area (Å²) in [6, 6.07) is 7.49. The van der Waals surface area contributed by atoms with Crippen molar-refractivity contribution in [3.63, 3.8) is 0 Å². The molecular formula is C18H27NO2. The van der Waals surface area contributed by atoms with Crippen LogP contribution in [0.25, 0.3) is 0 Å². The smallest absolute Gasteiger partial charge is 0.220 e. The van der Waals surface area contributed by atoms with E-state index in [4.69, 9.17) is 0 Å². The quantitative estimate of drug-likeness (QED) is 0.549. The van der Waals surface area contributed by atoms with Gasteiger partial charge in [0.1, 0.15) is 0 Å². The molecule has 1 rings (SSSR count). The molecule has 1 amide bonds. The first-order valence-corrected chi connectivity index (χ1v) is 7.91. The molecule has 0 fully saturated rings. The maximum atomic E-state index is 11.8. The van der Waals surface area contributed by atoms with Crippen molar-refractivity contribution in [2.24, 2.45) is 5.92 Å². The van der Waals surface area contributed by atoms with E-state index in [1.807, 2.05) is 31.2 Å². The maximum Gasteiger partial charge on any atom is 0.220 e. The summed E-state index contributed by atoms with van der Waals surface area (Å²) in [5.74, 6) is 0.926. The van der Waals surface area contributed by atoms with Crippen molar-refractivity contribution < 1.29 is 9.59 Å². The van der Waals surface area contributed by atoms with Crippen molar-refractivity contribution in [3.8, 4) is 0 Å². The van der Waals surface area contributed by atoms with Gasteiger partial charge in [0, 0.05) is 24.9 Å². The molecule has 21 heavy (non-hydrogen) atoms. The predicted octanol–water partition coefficient (Wildman–Crippen LogP) is 4.11. The molecule has 0 heterocycles. The Balaban J connectivity index is 2.34. The molecule has 0 aliphatic rings. The molecule has 3 nitrogen and oxygen atoms in total. The minimum Gasteiger partial charge on any atom is -0.352 e. The monoisotopic (exact) mass is 289 g/mol. The van der Waals surface area contributed by atoms with E-state index in [-0.39, 0.29) is 11.7 Å². The van der Waals surface area contributed by atoms with Gasteiger partial charge in [-0.25, -0.2) is 0 Å². The Morgan fingerprint density at radius 1 is 1.19 bits per heavy atom. The summed E-state index contributed by atoms with van der Waals surface area (Å²) in [6.07, 6.45) is 4.31. The molecule has 0 aliphatic heterocycles. The molecule has 0 radical (unpaired) electrons. The lowest BCUT2D eigenvalue weighted by atomic mass is 10.0. The fraction of sp³-hybridized carbons (Fsp3) is 0.556. The van der Waals surface area contributed by atoms with Crippen molar-refractivity contribution in [1.82, 2.24) is 5.32 Å². The number of Topliss-reactive ketones (excluding diaryl/α,β-unsaturated/α-hetero) is 1. The van der Waals surface area contributed by atoms with Gasteiger partial charge in [-0.05, 0) is 24.0 Å². The van der Waals surface area contributed by atoms with Crippen LogP contribution in [0, 0.1) is 5.92 Å². The summed E-state index contributed by atoms with van der Waals surface area (Å²) in [6.45, 7) is 6.75. The van der Waals surface area contributed by atoms with E-state index in [9.17, 15) is 9.59 Å². The molecule has 0 aliphatic carbocycles. The number of hydrogen-bond donors (Lipinski definition) is 1. The van der Waals surface area contributed by atoms with Crippen molar-refractivity contribution in [2.45, 2.75) is 59.4 Å². The van der Waals surface area contributed by atoms with Crippen molar-refractivity contribution in [1.29, 1.82) is 0 Å². The third kappa shape index (κ3) is 7.07. The molecule has 0 saturated heterocycles. The fourth-order valence-corrected chi connectivity index (χ4v) is 2.19. The van der Waals surface area contributed by atoms with Gasteiger partial charge in [-0.3, -0.25) is 9.59 Å². The number of unbranched alkanes of at least 4 members (excludes halogenated alkanes) is 1. The summed E-state index contributed by atoms with van der Waals surface area (Å²) in [4.78, 5) is 23.4. The Kier molecular flexibility index (Phi) is 7.73. The second kappa shape index (κ2) is 9.32. The standard InChI is InChI=1S/C18H27NO2/c1-4-17(20)16-10-7-9-15(12-16)13-19-18(21)11-6-5-8-14(2)3/h7,9-10,12,14H,4-6,8,11,13H2,1-3H3,(H,19,21). The van der Waals surface area contributed by atoms with Crippen molar-refractivity contribution >= 4 is 11.7 Å². The largest absolute Gasteiger partial charge is 0.352 e. The summed E-state index contributed by atoms with van der Waals surface area (Å²) in [7, 11) is 0. The van der Waals surface area contributed by atoms with Crippen LogP contribution in [0.15, 0.2) is 24.3 Å².